The lowest BCUT2D eigenvalue weighted by Crippen LogP contribution is -2.26. The second-order valence-electron chi connectivity index (χ2n) is 3.83. The summed E-state index contributed by atoms with van der Waals surface area (Å²) in [4.78, 5) is 12.0. The number of hydrogen-bond donors (Lipinski definition) is 1. The van der Waals surface area contributed by atoms with Gasteiger partial charge in [-0.25, -0.2) is 4.39 Å². The van der Waals surface area contributed by atoms with Crippen molar-refractivity contribution in [2.75, 3.05) is 0 Å². The Morgan fingerprint density at radius 2 is 2.22 bits per heavy atom. The van der Waals surface area contributed by atoms with Crippen LogP contribution in [-0.2, 0) is 0 Å². The summed E-state index contributed by atoms with van der Waals surface area (Å²) >= 11 is 3.16. The summed E-state index contributed by atoms with van der Waals surface area (Å²) < 4.78 is 18.5. The normalized spacial score (nSPS) is 12.2. The monoisotopic (exact) mass is 311 g/mol. The quantitative estimate of drug-likeness (QED) is 0.939. The third-order valence-corrected chi connectivity index (χ3v) is 3.15. The first-order valence-electron chi connectivity index (χ1n) is 5.37. The van der Waals surface area contributed by atoms with Crippen LogP contribution in [0.25, 0.3) is 0 Å². The number of carbonyl (C=O) groups is 1. The van der Waals surface area contributed by atoms with Gasteiger partial charge in [-0.3, -0.25) is 4.79 Å². The van der Waals surface area contributed by atoms with Crippen LogP contribution in [0.1, 0.15) is 29.1 Å². The largest absolute Gasteiger partial charge is 0.467 e. The van der Waals surface area contributed by atoms with E-state index in [1.165, 1.54) is 18.2 Å². The number of furan rings is 1. The van der Waals surface area contributed by atoms with Crippen molar-refractivity contribution in [3.8, 4) is 0 Å². The molecule has 94 valence electrons. The van der Waals surface area contributed by atoms with E-state index in [4.69, 9.17) is 4.42 Å². The van der Waals surface area contributed by atoms with Gasteiger partial charge in [0, 0.05) is 4.47 Å². The van der Waals surface area contributed by atoms with Crippen LogP contribution in [0.3, 0.4) is 0 Å². The van der Waals surface area contributed by atoms with Gasteiger partial charge in [0.25, 0.3) is 5.91 Å². The predicted molar refractivity (Wildman–Crippen MR) is 68.7 cm³/mol. The van der Waals surface area contributed by atoms with Crippen LogP contribution in [0.5, 0.6) is 0 Å². The van der Waals surface area contributed by atoms with Gasteiger partial charge in [0.2, 0.25) is 0 Å². The first-order chi connectivity index (χ1) is 8.58. The highest BCUT2D eigenvalue weighted by Gasteiger charge is 2.15. The maximum absolute atomic E-state index is 12.9. The number of amides is 1. The summed E-state index contributed by atoms with van der Waals surface area (Å²) in [5.74, 6) is -0.00938. The number of halogens is 2. The van der Waals surface area contributed by atoms with Crippen molar-refractivity contribution in [3.63, 3.8) is 0 Å². The molecular weight excluding hydrogens is 301 g/mol. The summed E-state index contributed by atoms with van der Waals surface area (Å²) in [5, 5.41) is 2.77. The highest BCUT2D eigenvalue weighted by Crippen LogP contribution is 2.19. The van der Waals surface area contributed by atoms with Gasteiger partial charge in [0.05, 0.1) is 17.9 Å². The van der Waals surface area contributed by atoms with Crippen LogP contribution in [0.2, 0.25) is 0 Å². The fraction of sp³-hybridized carbons (Fsp3) is 0.154. The maximum atomic E-state index is 12.9. The zero-order valence-corrected chi connectivity index (χ0v) is 11.2. The SMILES string of the molecule is CC(NC(=O)c1ccc(F)cc1Br)c1ccco1. The van der Waals surface area contributed by atoms with Crippen LogP contribution in [0, 0.1) is 5.82 Å². The molecule has 0 spiro atoms. The van der Waals surface area contributed by atoms with Gasteiger partial charge in [-0.2, -0.15) is 0 Å². The van der Waals surface area contributed by atoms with E-state index >= 15 is 0 Å². The number of rotatable bonds is 3. The van der Waals surface area contributed by atoms with Crippen LogP contribution >= 0.6 is 15.9 Å². The first kappa shape index (κ1) is 12.8. The van der Waals surface area contributed by atoms with Gasteiger partial charge in [-0.05, 0) is 53.2 Å². The standard InChI is InChI=1S/C13H11BrFNO2/c1-8(12-3-2-6-18-12)16-13(17)10-5-4-9(15)7-11(10)14/h2-8H,1H3,(H,16,17). The van der Waals surface area contributed by atoms with Crippen molar-refractivity contribution in [1.29, 1.82) is 0 Å². The van der Waals surface area contributed by atoms with Gasteiger partial charge in [-0.1, -0.05) is 0 Å². The average molecular weight is 312 g/mol. The number of nitrogens with one attached hydrogen (secondary N) is 1. The topological polar surface area (TPSA) is 42.2 Å². The number of hydrogen-bond acceptors (Lipinski definition) is 2. The van der Waals surface area contributed by atoms with E-state index in [2.05, 4.69) is 21.2 Å². The fourth-order valence-electron chi connectivity index (χ4n) is 1.56. The van der Waals surface area contributed by atoms with Crippen LogP contribution < -0.4 is 5.32 Å². The Kier molecular flexibility index (Phi) is 3.81. The Morgan fingerprint density at radius 3 is 2.83 bits per heavy atom. The zero-order valence-electron chi connectivity index (χ0n) is 9.61. The molecule has 1 aromatic carbocycles. The first-order valence-corrected chi connectivity index (χ1v) is 6.16. The molecule has 0 aliphatic carbocycles. The summed E-state index contributed by atoms with van der Waals surface area (Å²) in [7, 11) is 0. The Bertz CT molecular complexity index is 554. The van der Waals surface area contributed by atoms with Crippen molar-refractivity contribution in [1.82, 2.24) is 5.32 Å². The molecule has 0 fully saturated rings. The second kappa shape index (κ2) is 5.35. The van der Waals surface area contributed by atoms with Gasteiger partial charge >= 0.3 is 0 Å². The zero-order chi connectivity index (χ0) is 13.1. The predicted octanol–water partition coefficient (Wildman–Crippen LogP) is 3.67. The minimum atomic E-state index is -0.391. The minimum absolute atomic E-state index is 0.246. The Morgan fingerprint density at radius 1 is 1.44 bits per heavy atom. The third-order valence-electron chi connectivity index (χ3n) is 2.49. The van der Waals surface area contributed by atoms with Crippen LogP contribution in [0.4, 0.5) is 4.39 Å². The van der Waals surface area contributed by atoms with E-state index in [1.54, 1.807) is 18.4 Å². The van der Waals surface area contributed by atoms with Gasteiger partial charge in [0.15, 0.2) is 0 Å². The molecule has 0 aliphatic rings. The van der Waals surface area contributed by atoms with Crippen molar-refractivity contribution < 1.29 is 13.6 Å². The molecule has 1 heterocycles. The van der Waals surface area contributed by atoms with E-state index in [-0.39, 0.29) is 11.9 Å². The van der Waals surface area contributed by atoms with Gasteiger partial charge < -0.3 is 9.73 Å². The Hall–Kier alpha value is -1.62. The molecule has 2 rings (SSSR count). The molecule has 0 bridgehead atoms. The Labute approximate surface area is 112 Å². The number of benzene rings is 1. The average Bonchev–Trinajstić information content (AvgIpc) is 2.81. The molecule has 5 heteroatoms. The molecule has 1 aromatic heterocycles. The van der Waals surface area contributed by atoms with Gasteiger partial charge in [-0.15, -0.1) is 0 Å². The molecule has 0 radical (unpaired) electrons. The molecule has 1 N–H and O–H groups in total. The van der Waals surface area contributed by atoms with E-state index < -0.39 is 5.82 Å². The summed E-state index contributed by atoms with van der Waals surface area (Å²) in [5.41, 5.74) is 0.384. The molecule has 0 saturated carbocycles. The molecule has 18 heavy (non-hydrogen) atoms. The van der Waals surface area contributed by atoms with Crippen molar-refractivity contribution in [2.45, 2.75) is 13.0 Å². The molecule has 0 saturated heterocycles. The van der Waals surface area contributed by atoms with Crippen LogP contribution in [0.15, 0.2) is 45.5 Å². The molecule has 1 unspecified atom stereocenters. The molecule has 0 aliphatic heterocycles. The molecule has 1 atom stereocenters. The molecular formula is C13H11BrFNO2. The van der Waals surface area contributed by atoms with E-state index in [1.807, 2.05) is 6.92 Å². The van der Waals surface area contributed by atoms with Gasteiger partial charge in [0.1, 0.15) is 11.6 Å². The highest BCUT2D eigenvalue weighted by atomic mass is 79.9. The summed E-state index contributed by atoms with van der Waals surface area (Å²) in [6.45, 7) is 1.81. The molecule has 2 aromatic rings. The second-order valence-corrected chi connectivity index (χ2v) is 4.69. The van der Waals surface area contributed by atoms with E-state index in [0.29, 0.717) is 15.8 Å². The highest BCUT2D eigenvalue weighted by molar-refractivity contribution is 9.10. The van der Waals surface area contributed by atoms with Crippen LogP contribution in [-0.4, -0.2) is 5.91 Å². The number of carbonyl (C=O) groups excluding carboxylic acids is 1. The lowest BCUT2D eigenvalue weighted by Gasteiger charge is -2.12. The lowest BCUT2D eigenvalue weighted by molar-refractivity contribution is 0.0934. The molecule has 3 nitrogen and oxygen atoms in total. The molecule has 1 amide bonds. The van der Waals surface area contributed by atoms with E-state index in [0.717, 1.165) is 0 Å². The van der Waals surface area contributed by atoms with Crippen molar-refractivity contribution in [2.24, 2.45) is 0 Å². The summed E-state index contributed by atoms with van der Waals surface area (Å²) in [6, 6.07) is 7.23. The van der Waals surface area contributed by atoms with Crippen molar-refractivity contribution >= 4 is 21.8 Å². The van der Waals surface area contributed by atoms with E-state index in [9.17, 15) is 9.18 Å². The summed E-state index contributed by atoms with van der Waals surface area (Å²) in [6.07, 6.45) is 1.55. The smallest absolute Gasteiger partial charge is 0.253 e. The van der Waals surface area contributed by atoms with Crippen molar-refractivity contribution in [3.05, 3.63) is 58.2 Å². The maximum Gasteiger partial charge on any atom is 0.253 e. The Balaban J connectivity index is 2.12. The fourth-order valence-corrected chi connectivity index (χ4v) is 2.09. The lowest BCUT2D eigenvalue weighted by atomic mass is 10.2. The minimum Gasteiger partial charge on any atom is -0.467 e. The third kappa shape index (κ3) is 2.79.